The molecule has 0 unspecified atom stereocenters. The van der Waals surface area contributed by atoms with E-state index in [9.17, 15) is 9.26 Å². The van der Waals surface area contributed by atoms with Crippen molar-refractivity contribution >= 4 is 26.0 Å². The molecule has 0 amide bonds. The number of rotatable bonds is 5. The number of hydrogen-bond acceptors (Lipinski definition) is 5. The molecule has 8 heteroatoms. The first-order chi connectivity index (χ1) is 5.60. The maximum atomic E-state index is 11.0. The predicted molar refractivity (Wildman–Crippen MR) is 52.7 cm³/mol. The Labute approximate surface area is 81.8 Å². The molecule has 0 fully saturated rings. The van der Waals surface area contributed by atoms with E-state index in [-0.39, 0.29) is 0 Å². The molecule has 0 heterocycles. The maximum absolute atomic E-state index is 11.0. The van der Waals surface area contributed by atoms with Crippen LogP contribution in [0.5, 0.6) is 0 Å². The average Bonchev–Trinajstić information content (AvgIpc) is 1.78. The van der Waals surface area contributed by atoms with Crippen LogP contribution in [0, 0.1) is 0 Å². The van der Waals surface area contributed by atoms with E-state index < -0.39 is 26.0 Å². The van der Waals surface area contributed by atoms with E-state index >= 15 is 0 Å². The average molecular weight is 240 g/mol. The topological polar surface area (TPSA) is 65.0 Å². The second kappa shape index (κ2) is 4.46. The number of hydrogen-bond donors (Lipinski definition) is 1. The van der Waals surface area contributed by atoms with Gasteiger partial charge in [0, 0.05) is 0 Å². The Morgan fingerprint density at radius 2 is 1.62 bits per heavy atom. The largest absolute Gasteiger partial charge is 0.786 e. The Hall–Kier alpha value is -0.0294. The first-order valence-corrected chi connectivity index (χ1v) is 11.4. The molecule has 0 atom stereocenters. The van der Waals surface area contributed by atoms with Gasteiger partial charge in [0.2, 0.25) is 8.32 Å². The van der Waals surface area contributed by atoms with E-state index in [1.165, 1.54) is 13.1 Å². The van der Waals surface area contributed by atoms with E-state index in [0.717, 1.165) is 0 Å². The van der Waals surface area contributed by atoms with Gasteiger partial charge in [0.15, 0.2) is 0 Å². The van der Waals surface area contributed by atoms with Gasteiger partial charge >= 0.3 is 17.7 Å². The van der Waals surface area contributed by atoms with Crippen molar-refractivity contribution < 1.29 is 22.5 Å². The van der Waals surface area contributed by atoms with Crippen LogP contribution in [-0.2, 0) is 17.7 Å². The van der Waals surface area contributed by atoms with Crippen LogP contribution in [0.3, 0.4) is 0 Å². The summed E-state index contributed by atoms with van der Waals surface area (Å²) in [5.74, 6) is 0. The summed E-state index contributed by atoms with van der Waals surface area (Å²) in [6.45, 7) is 8.69. The fourth-order valence-electron chi connectivity index (χ4n) is 0.380. The minimum Gasteiger partial charge on any atom is -0.529 e. The molecule has 78 valence electrons. The smallest absolute Gasteiger partial charge is 0.529 e. The van der Waals surface area contributed by atoms with Gasteiger partial charge in [-0.15, -0.1) is 0 Å². The SMILES string of the molecule is C[Si](C)(C)OO[Si](=O)O[Si](C)(C)O. The normalized spacial score (nSPS) is 12.5. The molecular formula is C5H16O5Si3. The lowest BCUT2D eigenvalue weighted by Gasteiger charge is -2.18. The van der Waals surface area contributed by atoms with Crippen molar-refractivity contribution in [2.75, 3.05) is 0 Å². The van der Waals surface area contributed by atoms with E-state index in [1.807, 2.05) is 19.6 Å². The molecule has 0 aromatic rings. The third-order valence-corrected chi connectivity index (χ3v) is 4.33. The van der Waals surface area contributed by atoms with Crippen LogP contribution in [-0.4, -0.2) is 30.8 Å². The minimum atomic E-state index is -2.77. The van der Waals surface area contributed by atoms with E-state index in [1.54, 1.807) is 0 Å². The van der Waals surface area contributed by atoms with Gasteiger partial charge in [0.25, 0.3) is 0 Å². The van der Waals surface area contributed by atoms with Gasteiger partial charge in [-0.1, -0.05) is 0 Å². The molecule has 0 saturated heterocycles. The first kappa shape index (κ1) is 13.0. The summed E-state index contributed by atoms with van der Waals surface area (Å²) in [4.78, 5) is 9.24. The van der Waals surface area contributed by atoms with Crippen molar-refractivity contribution in [1.82, 2.24) is 0 Å². The molecule has 13 heavy (non-hydrogen) atoms. The summed E-state index contributed by atoms with van der Waals surface area (Å²) in [6, 6.07) is 0. The summed E-state index contributed by atoms with van der Waals surface area (Å²) < 4.78 is 25.2. The van der Waals surface area contributed by atoms with Crippen LogP contribution in [0.2, 0.25) is 32.7 Å². The van der Waals surface area contributed by atoms with Crippen LogP contribution in [0.15, 0.2) is 0 Å². The zero-order valence-electron chi connectivity index (χ0n) is 8.58. The molecule has 0 spiro atoms. The van der Waals surface area contributed by atoms with Crippen molar-refractivity contribution in [2.45, 2.75) is 32.7 Å². The zero-order chi connectivity index (χ0) is 10.7. The second-order valence-corrected chi connectivity index (χ2v) is 12.8. The van der Waals surface area contributed by atoms with Crippen LogP contribution in [0.25, 0.3) is 0 Å². The van der Waals surface area contributed by atoms with Crippen molar-refractivity contribution in [3.8, 4) is 0 Å². The summed E-state index contributed by atoms with van der Waals surface area (Å²) in [5.41, 5.74) is 0. The van der Waals surface area contributed by atoms with Crippen LogP contribution < -0.4 is 0 Å². The molecule has 0 saturated carbocycles. The van der Waals surface area contributed by atoms with Gasteiger partial charge in [-0.05, 0) is 32.7 Å². The van der Waals surface area contributed by atoms with Gasteiger partial charge < -0.3 is 13.5 Å². The fourth-order valence-corrected chi connectivity index (χ4v) is 3.42. The zero-order valence-corrected chi connectivity index (χ0v) is 11.6. The monoisotopic (exact) mass is 240 g/mol. The second-order valence-electron chi connectivity index (χ2n) is 4.08. The minimum absolute atomic E-state index is 1.51. The van der Waals surface area contributed by atoms with E-state index in [4.69, 9.17) is 8.69 Å². The van der Waals surface area contributed by atoms with E-state index in [0.29, 0.717) is 0 Å². The van der Waals surface area contributed by atoms with Gasteiger partial charge in [0.1, 0.15) is 0 Å². The summed E-state index contributed by atoms with van der Waals surface area (Å²) in [6.07, 6.45) is 0. The molecule has 0 aliphatic heterocycles. The molecule has 0 radical (unpaired) electrons. The molecule has 0 aromatic carbocycles. The Bertz CT molecular complexity index is 182. The summed E-state index contributed by atoms with van der Waals surface area (Å²) in [5, 5.41) is 0. The van der Waals surface area contributed by atoms with E-state index in [2.05, 4.69) is 4.58 Å². The standard InChI is InChI=1S/C5H16O5Si3/c1-12(2,3)9-8-11(6)10-13(4,5)7/h7H,1-5H3. The summed E-state index contributed by atoms with van der Waals surface area (Å²) in [7, 11) is -7.32. The molecule has 0 aliphatic rings. The fraction of sp³-hybridized carbons (Fsp3) is 1.00. The molecule has 0 rings (SSSR count). The van der Waals surface area contributed by atoms with Crippen molar-refractivity contribution in [2.24, 2.45) is 0 Å². The van der Waals surface area contributed by atoms with Crippen LogP contribution >= 0.6 is 0 Å². The third kappa shape index (κ3) is 9.89. The third-order valence-electron chi connectivity index (χ3n) is 0.693. The molecule has 1 N–H and O–H groups in total. The van der Waals surface area contributed by atoms with Gasteiger partial charge in [-0.25, -0.2) is 0 Å². The Kier molecular flexibility index (Phi) is 4.45. The van der Waals surface area contributed by atoms with Crippen LogP contribution in [0.1, 0.15) is 0 Å². The molecular weight excluding hydrogens is 224 g/mol. The van der Waals surface area contributed by atoms with Crippen molar-refractivity contribution in [3.05, 3.63) is 0 Å². The lowest BCUT2D eigenvalue weighted by molar-refractivity contribution is -0.135. The predicted octanol–water partition coefficient (Wildman–Crippen LogP) is 0.896. The molecule has 5 nitrogen and oxygen atoms in total. The van der Waals surface area contributed by atoms with Crippen LogP contribution in [0.4, 0.5) is 0 Å². The highest BCUT2D eigenvalue weighted by molar-refractivity contribution is 6.70. The highest BCUT2D eigenvalue weighted by atomic mass is 28.4. The highest BCUT2D eigenvalue weighted by Crippen LogP contribution is 2.04. The van der Waals surface area contributed by atoms with Gasteiger partial charge in [-0.2, -0.15) is 0 Å². The Morgan fingerprint density at radius 3 is 1.92 bits per heavy atom. The molecule has 0 aliphatic carbocycles. The highest BCUT2D eigenvalue weighted by Gasteiger charge is 2.30. The van der Waals surface area contributed by atoms with Gasteiger partial charge in [0.05, 0.1) is 0 Å². The van der Waals surface area contributed by atoms with Gasteiger partial charge in [-0.3, -0.25) is 9.04 Å². The maximum Gasteiger partial charge on any atom is 0.786 e. The lowest BCUT2D eigenvalue weighted by Crippen LogP contribution is -2.37. The quantitative estimate of drug-likeness (QED) is 0.439. The lowest BCUT2D eigenvalue weighted by atomic mass is 11.8. The summed E-state index contributed by atoms with van der Waals surface area (Å²) >= 11 is 0. The Balaban J connectivity index is 3.78. The van der Waals surface area contributed by atoms with Crippen molar-refractivity contribution in [1.29, 1.82) is 0 Å². The molecule has 0 bridgehead atoms. The Morgan fingerprint density at radius 1 is 1.15 bits per heavy atom. The first-order valence-electron chi connectivity index (χ1n) is 3.91. The van der Waals surface area contributed by atoms with Crippen molar-refractivity contribution in [3.63, 3.8) is 0 Å². The molecule has 0 aromatic heterocycles.